The minimum atomic E-state index is -0.484. The molecule has 6 nitrogen and oxygen atoms in total. The Morgan fingerprint density at radius 1 is 1.21 bits per heavy atom. The molecule has 0 atom stereocenters. The monoisotopic (exact) mass is 392 g/mol. The summed E-state index contributed by atoms with van der Waals surface area (Å²) < 4.78 is 20.0. The lowest BCUT2D eigenvalue weighted by Crippen LogP contribution is -2.44. The zero-order chi connectivity index (χ0) is 20.1. The second-order valence-electron chi connectivity index (χ2n) is 8.73. The first-order valence-corrected chi connectivity index (χ1v) is 10.3. The van der Waals surface area contributed by atoms with Crippen molar-refractivity contribution >= 4 is 11.8 Å². The third kappa shape index (κ3) is 6.07. The highest BCUT2D eigenvalue weighted by molar-refractivity contribution is 5.68. The molecule has 2 aliphatic rings. The maximum absolute atomic E-state index is 14.6. The summed E-state index contributed by atoms with van der Waals surface area (Å²) in [5, 5.41) is 6.64. The minimum absolute atomic E-state index is 0.159. The van der Waals surface area contributed by atoms with Crippen LogP contribution in [0.4, 0.5) is 14.9 Å². The van der Waals surface area contributed by atoms with Crippen molar-refractivity contribution in [2.24, 2.45) is 0 Å². The number of benzene rings is 1. The Bertz CT molecular complexity index is 663. The largest absolute Gasteiger partial charge is 0.444 e. The zero-order valence-corrected chi connectivity index (χ0v) is 17.3. The molecule has 28 heavy (non-hydrogen) atoms. The smallest absolute Gasteiger partial charge is 0.410 e. The highest BCUT2D eigenvalue weighted by atomic mass is 19.1. The molecule has 0 aromatic heterocycles. The van der Waals surface area contributed by atoms with Gasteiger partial charge in [-0.2, -0.15) is 0 Å². The molecule has 0 aliphatic carbocycles. The summed E-state index contributed by atoms with van der Waals surface area (Å²) in [5.74, 6) is -0.206. The fraction of sp³-hybridized carbons (Fsp3) is 0.667. The number of carbonyl (C=O) groups is 1. The minimum Gasteiger partial charge on any atom is -0.444 e. The highest BCUT2D eigenvalue weighted by Crippen LogP contribution is 2.22. The second kappa shape index (κ2) is 9.09. The van der Waals surface area contributed by atoms with Gasteiger partial charge >= 0.3 is 6.09 Å². The molecule has 0 unspecified atom stereocenters. The van der Waals surface area contributed by atoms with Gasteiger partial charge in [-0.05, 0) is 51.3 Å². The lowest BCUT2D eigenvalue weighted by Gasteiger charge is -2.34. The van der Waals surface area contributed by atoms with Crippen LogP contribution >= 0.6 is 0 Å². The summed E-state index contributed by atoms with van der Waals surface area (Å²) in [7, 11) is 0. The Hall–Kier alpha value is -1.86. The first kappa shape index (κ1) is 20.9. The topological polar surface area (TPSA) is 56.8 Å². The molecule has 2 heterocycles. The highest BCUT2D eigenvalue weighted by Gasteiger charge is 2.27. The van der Waals surface area contributed by atoms with Crippen LogP contribution in [0.1, 0.15) is 39.2 Å². The van der Waals surface area contributed by atoms with E-state index in [1.54, 1.807) is 11.0 Å². The first-order valence-electron chi connectivity index (χ1n) is 10.3. The number of hydrogen-bond donors (Lipinski definition) is 2. The molecule has 2 fully saturated rings. The summed E-state index contributed by atoms with van der Waals surface area (Å²) in [6.45, 7) is 11.6. The molecule has 0 spiro atoms. The van der Waals surface area contributed by atoms with Crippen molar-refractivity contribution in [1.29, 1.82) is 0 Å². The summed E-state index contributed by atoms with van der Waals surface area (Å²) in [4.78, 5) is 16.2. The summed E-state index contributed by atoms with van der Waals surface area (Å²) in [6, 6.07) is 5.64. The van der Waals surface area contributed by atoms with Gasteiger partial charge in [0.15, 0.2) is 0 Å². The Morgan fingerprint density at radius 2 is 1.89 bits per heavy atom. The lowest BCUT2D eigenvalue weighted by molar-refractivity contribution is 0.0210. The Morgan fingerprint density at radius 3 is 2.50 bits per heavy atom. The quantitative estimate of drug-likeness (QED) is 0.825. The lowest BCUT2D eigenvalue weighted by atomic mass is 10.0. The van der Waals surface area contributed by atoms with Gasteiger partial charge in [-0.3, -0.25) is 4.90 Å². The van der Waals surface area contributed by atoms with Crippen molar-refractivity contribution in [1.82, 2.24) is 15.1 Å². The fourth-order valence-electron chi connectivity index (χ4n) is 3.65. The summed E-state index contributed by atoms with van der Waals surface area (Å²) in [5.41, 5.74) is 1.06. The Balaban J connectivity index is 1.48. The predicted molar refractivity (Wildman–Crippen MR) is 109 cm³/mol. The Labute approximate surface area is 167 Å². The van der Waals surface area contributed by atoms with Gasteiger partial charge in [-0.15, -0.1) is 0 Å². The number of carbonyl (C=O) groups excluding carboxylic acids is 1. The van der Waals surface area contributed by atoms with Gasteiger partial charge in [0.1, 0.15) is 11.4 Å². The summed E-state index contributed by atoms with van der Waals surface area (Å²) in [6.07, 6.45) is 1.29. The Kier molecular flexibility index (Phi) is 6.78. The number of halogens is 1. The van der Waals surface area contributed by atoms with Gasteiger partial charge < -0.3 is 20.3 Å². The standard InChI is InChI=1S/C21H33FN4O2/c1-21(2,3)28-20(27)26-10-6-17(7-11-26)24-19-5-4-16(14-18(19)22)15-25-12-8-23-9-13-25/h4-5,14,17,23-24H,6-13,15H2,1-3H3. The number of nitrogens with zero attached hydrogens (tertiary/aromatic N) is 2. The number of piperazine rings is 1. The number of nitrogens with one attached hydrogen (secondary N) is 2. The van der Waals surface area contributed by atoms with Crippen LogP contribution < -0.4 is 10.6 Å². The molecule has 2 aliphatic heterocycles. The molecule has 1 amide bonds. The molecule has 3 rings (SSSR count). The molecule has 1 aromatic carbocycles. The van der Waals surface area contributed by atoms with E-state index in [4.69, 9.17) is 4.74 Å². The second-order valence-corrected chi connectivity index (χ2v) is 8.73. The number of likely N-dealkylation sites (tertiary alicyclic amines) is 1. The van der Waals surface area contributed by atoms with E-state index in [1.807, 2.05) is 32.9 Å². The van der Waals surface area contributed by atoms with Crippen LogP contribution in [0.5, 0.6) is 0 Å². The van der Waals surface area contributed by atoms with E-state index in [0.717, 1.165) is 51.1 Å². The number of ether oxygens (including phenoxy) is 1. The average molecular weight is 393 g/mol. The molecular formula is C21H33FN4O2. The van der Waals surface area contributed by atoms with Crippen LogP contribution in [0.15, 0.2) is 18.2 Å². The average Bonchev–Trinajstić information content (AvgIpc) is 2.64. The van der Waals surface area contributed by atoms with E-state index in [9.17, 15) is 9.18 Å². The van der Waals surface area contributed by atoms with E-state index in [-0.39, 0.29) is 18.0 Å². The normalized spacial score (nSPS) is 19.5. The molecule has 2 saturated heterocycles. The van der Waals surface area contributed by atoms with Crippen molar-refractivity contribution in [3.05, 3.63) is 29.6 Å². The van der Waals surface area contributed by atoms with E-state index < -0.39 is 5.60 Å². The van der Waals surface area contributed by atoms with E-state index in [1.165, 1.54) is 0 Å². The van der Waals surface area contributed by atoms with Crippen molar-refractivity contribution in [3.8, 4) is 0 Å². The fourth-order valence-corrected chi connectivity index (χ4v) is 3.65. The van der Waals surface area contributed by atoms with Gasteiger partial charge in [-0.1, -0.05) is 6.07 Å². The van der Waals surface area contributed by atoms with E-state index in [2.05, 4.69) is 15.5 Å². The molecule has 0 bridgehead atoms. The number of amides is 1. The number of anilines is 1. The zero-order valence-electron chi connectivity index (χ0n) is 17.3. The van der Waals surface area contributed by atoms with Crippen LogP contribution in [0.2, 0.25) is 0 Å². The molecule has 156 valence electrons. The van der Waals surface area contributed by atoms with E-state index in [0.29, 0.717) is 18.8 Å². The van der Waals surface area contributed by atoms with Gasteiger partial charge in [0, 0.05) is 51.9 Å². The molecule has 0 saturated carbocycles. The van der Waals surface area contributed by atoms with E-state index >= 15 is 0 Å². The van der Waals surface area contributed by atoms with Crippen LogP contribution in [-0.2, 0) is 11.3 Å². The first-order chi connectivity index (χ1) is 13.3. The van der Waals surface area contributed by atoms with Crippen LogP contribution in [-0.4, -0.2) is 66.8 Å². The van der Waals surface area contributed by atoms with Crippen LogP contribution in [0, 0.1) is 5.82 Å². The number of rotatable bonds is 4. The van der Waals surface area contributed by atoms with Gasteiger partial charge in [0.25, 0.3) is 0 Å². The molecule has 7 heteroatoms. The van der Waals surface area contributed by atoms with Gasteiger partial charge in [-0.25, -0.2) is 9.18 Å². The molecule has 1 aromatic rings. The van der Waals surface area contributed by atoms with Gasteiger partial charge in [0.05, 0.1) is 5.69 Å². The molecular weight excluding hydrogens is 359 g/mol. The predicted octanol–water partition coefficient (Wildman–Crippen LogP) is 3.04. The van der Waals surface area contributed by atoms with Crippen LogP contribution in [0.3, 0.4) is 0 Å². The maximum Gasteiger partial charge on any atom is 0.410 e. The number of piperidine rings is 1. The third-order valence-corrected chi connectivity index (χ3v) is 5.16. The SMILES string of the molecule is CC(C)(C)OC(=O)N1CCC(Nc2ccc(CN3CCNCC3)cc2F)CC1. The third-order valence-electron chi connectivity index (χ3n) is 5.16. The van der Waals surface area contributed by atoms with Crippen LogP contribution in [0.25, 0.3) is 0 Å². The van der Waals surface area contributed by atoms with Gasteiger partial charge in [0.2, 0.25) is 0 Å². The van der Waals surface area contributed by atoms with Crippen molar-refractivity contribution in [3.63, 3.8) is 0 Å². The van der Waals surface area contributed by atoms with Crippen molar-refractivity contribution in [2.75, 3.05) is 44.6 Å². The molecule has 2 N–H and O–H groups in total. The van der Waals surface area contributed by atoms with Crippen molar-refractivity contribution < 1.29 is 13.9 Å². The summed E-state index contributed by atoms with van der Waals surface area (Å²) >= 11 is 0. The maximum atomic E-state index is 14.6. The molecule has 0 radical (unpaired) electrons. The van der Waals surface area contributed by atoms with Crippen molar-refractivity contribution in [2.45, 2.75) is 51.8 Å². The number of hydrogen-bond acceptors (Lipinski definition) is 5.